The van der Waals surface area contributed by atoms with Crippen LogP contribution in [0.1, 0.15) is 30.1 Å². The van der Waals surface area contributed by atoms with E-state index in [1.165, 1.54) is 18.4 Å². The number of thioether (sulfide) groups is 1. The second kappa shape index (κ2) is 7.60. The van der Waals surface area contributed by atoms with Gasteiger partial charge in [0.25, 0.3) is 0 Å². The average Bonchev–Trinajstić information content (AvgIpc) is 3.30. The van der Waals surface area contributed by atoms with Gasteiger partial charge in [0, 0.05) is 30.4 Å². The number of nitrogens with zero attached hydrogens (tertiary/aromatic N) is 5. The number of hydrogen-bond acceptors (Lipinski definition) is 7. The second-order valence-corrected chi connectivity index (χ2v) is 8.22. The van der Waals surface area contributed by atoms with Crippen LogP contribution in [0.5, 0.6) is 0 Å². The quantitative estimate of drug-likeness (QED) is 0.587. The highest BCUT2D eigenvalue weighted by atomic mass is 32.2. The summed E-state index contributed by atoms with van der Waals surface area (Å²) < 4.78 is 13.5. The van der Waals surface area contributed by atoms with Gasteiger partial charge >= 0.3 is 0 Å². The van der Waals surface area contributed by atoms with Crippen LogP contribution in [0.2, 0.25) is 0 Å². The second-order valence-electron chi connectivity index (χ2n) is 7.28. The molecule has 1 aliphatic heterocycles. The summed E-state index contributed by atoms with van der Waals surface area (Å²) in [5, 5.41) is 9.93. The maximum absolute atomic E-state index is 5.68. The van der Waals surface area contributed by atoms with E-state index in [1.54, 1.807) is 18.0 Å². The normalized spacial score (nSPS) is 17.2. The molecule has 1 saturated carbocycles. The van der Waals surface area contributed by atoms with Crippen molar-refractivity contribution < 1.29 is 9.15 Å². The fourth-order valence-electron chi connectivity index (χ4n) is 3.34. The minimum Gasteiger partial charge on any atom is -0.444 e. The van der Waals surface area contributed by atoms with Gasteiger partial charge in [-0.25, -0.2) is 4.98 Å². The molecule has 0 unspecified atom stereocenters. The zero-order chi connectivity index (χ0) is 18.9. The lowest BCUT2D eigenvalue weighted by Gasteiger charge is -2.27. The molecule has 1 aliphatic carbocycles. The topological polar surface area (TPSA) is 69.2 Å². The van der Waals surface area contributed by atoms with Gasteiger partial charge in [0.05, 0.1) is 18.9 Å². The van der Waals surface area contributed by atoms with Crippen molar-refractivity contribution in [2.75, 3.05) is 31.2 Å². The molecule has 2 fully saturated rings. The lowest BCUT2D eigenvalue weighted by Crippen LogP contribution is -2.38. The van der Waals surface area contributed by atoms with E-state index in [9.17, 15) is 0 Å². The molecule has 0 atom stereocenters. The summed E-state index contributed by atoms with van der Waals surface area (Å²) in [4.78, 5) is 6.92. The number of aromatic nitrogens is 4. The number of hydrogen-bond donors (Lipinski definition) is 0. The molecule has 7 nitrogen and oxygen atoms in total. The molecular weight excluding hydrogens is 374 g/mol. The molecule has 0 radical (unpaired) electrons. The first-order valence-electron chi connectivity index (χ1n) is 9.70. The van der Waals surface area contributed by atoms with Crippen LogP contribution >= 0.6 is 11.8 Å². The predicted molar refractivity (Wildman–Crippen MR) is 108 cm³/mol. The molecular formula is C20H23N5O2S. The standard InChI is InChI=1S/C20H23N5O2S/c1-14-2-4-15(5-3-14)18-21-16(12-27-18)13-28-20-23-22-19(25(20)17-6-7-17)24-8-10-26-11-9-24/h2-5,12,17H,6-11,13H2,1H3. The minimum atomic E-state index is 0.524. The van der Waals surface area contributed by atoms with Crippen LogP contribution < -0.4 is 4.90 Å². The van der Waals surface area contributed by atoms with Crippen LogP contribution in [0.4, 0.5) is 5.95 Å². The molecule has 0 bridgehead atoms. The molecule has 8 heteroatoms. The first kappa shape index (κ1) is 17.8. The molecule has 5 rings (SSSR count). The Morgan fingerprint density at radius 2 is 1.89 bits per heavy atom. The number of ether oxygens (including phenoxy) is 1. The Labute approximate surface area is 168 Å². The number of aryl methyl sites for hydroxylation is 1. The molecule has 146 valence electrons. The van der Waals surface area contributed by atoms with E-state index >= 15 is 0 Å². The molecule has 0 N–H and O–H groups in total. The van der Waals surface area contributed by atoms with Crippen molar-refractivity contribution in [1.29, 1.82) is 0 Å². The Bertz CT molecular complexity index is 942. The van der Waals surface area contributed by atoms with Crippen LogP contribution in [0, 0.1) is 6.92 Å². The van der Waals surface area contributed by atoms with E-state index in [4.69, 9.17) is 9.15 Å². The molecule has 2 aliphatic rings. The molecule has 0 amide bonds. The van der Waals surface area contributed by atoms with Crippen molar-refractivity contribution in [3.8, 4) is 11.5 Å². The summed E-state index contributed by atoms with van der Waals surface area (Å²) in [7, 11) is 0. The Morgan fingerprint density at radius 3 is 2.64 bits per heavy atom. The van der Waals surface area contributed by atoms with Gasteiger partial charge in [-0.15, -0.1) is 10.2 Å². The van der Waals surface area contributed by atoms with E-state index in [2.05, 4.69) is 43.7 Å². The lowest BCUT2D eigenvalue weighted by molar-refractivity contribution is 0.121. The smallest absolute Gasteiger partial charge is 0.228 e. The van der Waals surface area contributed by atoms with E-state index < -0.39 is 0 Å². The van der Waals surface area contributed by atoms with Crippen LogP contribution in [-0.2, 0) is 10.5 Å². The molecule has 2 aromatic heterocycles. The number of oxazole rings is 1. The van der Waals surface area contributed by atoms with Crippen molar-refractivity contribution in [3.63, 3.8) is 0 Å². The number of rotatable bonds is 6. The highest BCUT2D eigenvalue weighted by Gasteiger charge is 2.32. The van der Waals surface area contributed by atoms with Gasteiger partial charge in [0.1, 0.15) is 6.26 Å². The SMILES string of the molecule is Cc1ccc(-c2nc(CSc3nnc(N4CCOCC4)n3C3CC3)co2)cc1. The Morgan fingerprint density at radius 1 is 1.11 bits per heavy atom. The molecule has 1 saturated heterocycles. The van der Waals surface area contributed by atoms with Crippen LogP contribution in [0.3, 0.4) is 0 Å². The number of morpholine rings is 1. The van der Waals surface area contributed by atoms with E-state index in [0.717, 1.165) is 48.7 Å². The van der Waals surface area contributed by atoms with Gasteiger partial charge in [0.15, 0.2) is 5.16 Å². The zero-order valence-corrected chi connectivity index (χ0v) is 16.7. The van der Waals surface area contributed by atoms with Crippen molar-refractivity contribution in [1.82, 2.24) is 19.7 Å². The first-order chi connectivity index (χ1) is 13.8. The number of benzene rings is 1. The van der Waals surface area contributed by atoms with Gasteiger partial charge in [-0.1, -0.05) is 29.5 Å². The maximum atomic E-state index is 5.68. The third-order valence-corrected chi connectivity index (χ3v) is 6.03. The number of anilines is 1. The van der Waals surface area contributed by atoms with E-state index in [-0.39, 0.29) is 0 Å². The monoisotopic (exact) mass is 397 g/mol. The lowest BCUT2D eigenvalue weighted by atomic mass is 10.1. The fourth-order valence-corrected chi connectivity index (χ4v) is 4.22. The molecule has 28 heavy (non-hydrogen) atoms. The van der Waals surface area contributed by atoms with Gasteiger partial charge in [0.2, 0.25) is 11.8 Å². The largest absolute Gasteiger partial charge is 0.444 e. The first-order valence-corrected chi connectivity index (χ1v) is 10.7. The third kappa shape index (κ3) is 3.66. The Kier molecular flexibility index (Phi) is 4.82. The third-order valence-electron chi connectivity index (χ3n) is 5.05. The van der Waals surface area contributed by atoms with Crippen molar-refractivity contribution in [3.05, 3.63) is 41.8 Å². The Balaban J connectivity index is 1.30. The fraction of sp³-hybridized carbons (Fsp3) is 0.450. The summed E-state index contributed by atoms with van der Waals surface area (Å²) in [6.07, 6.45) is 4.14. The summed E-state index contributed by atoms with van der Waals surface area (Å²) >= 11 is 1.67. The van der Waals surface area contributed by atoms with E-state index in [0.29, 0.717) is 17.7 Å². The van der Waals surface area contributed by atoms with Crippen LogP contribution in [0.15, 0.2) is 40.1 Å². The molecule has 3 aromatic rings. The summed E-state index contributed by atoms with van der Waals surface area (Å²) in [5.41, 5.74) is 3.14. The van der Waals surface area contributed by atoms with Crippen LogP contribution in [-0.4, -0.2) is 46.1 Å². The van der Waals surface area contributed by atoms with Crippen molar-refractivity contribution in [2.24, 2.45) is 0 Å². The van der Waals surface area contributed by atoms with Gasteiger partial charge in [-0.05, 0) is 31.9 Å². The summed E-state index contributed by atoms with van der Waals surface area (Å²) in [5.74, 6) is 2.35. The minimum absolute atomic E-state index is 0.524. The average molecular weight is 398 g/mol. The molecule has 3 heterocycles. The highest BCUT2D eigenvalue weighted by molar-refractivity contribution is 7.98. The van der Waals surface area contributed by atoms with Gasteiger partial charge in [-0.2, -0.15) is 0 Å². The maximum Gasteiger partial charge on any atom is 0.228 e. The highest BCUT2D eigenvalue weighted by Crippen LogP contribution is 2.41. The predicted octanol–water partition coefficient (Wildman–Crippen LogP) is 3.71. The molecule has 0 spiro atoms. The van der Waals surface area contributed by atoms with Crippen molar-refractivity contribution in [2.45, 2.75) is 36.7 Å². The summed E-state index contributed by atoms with van der Waals surface area (Å²) in [6, 6.07) is 8.74. The Hall–Kier alpha value is -2.32. The molecule has 1 aromatic carbocycles. The zero-order valence-electron chi connectivity index (χ0n) is 15.9. The van der Waals surface area contributed by atoms with E-state index in [1.807, 2.05) is 12.1 Å². The summed E-state index contributed by atoms with van der Waals surface area (Å²) in [6.45, 7) is 5.32. The van der Waals surface area contributed by atoms with Crippen LogP contribution in [0.25, 0.3) is 11.5 Å². The van der Waals surface area contributed by atoms with Gasteiger partial charge < -0.3 is 14.1 Å². The van der Waals surface area contributed by atoms with Gasteiger partial charge in [-0.3, -0.25) is 4.57 Å². The van der Waals surface area contributed by atoms with Crippen molar-refractivity contribution >= 4 is 17.7 Å².